The molecule has 0 amide bonds. The van der Waals surface area contributed by atoms with Crippen LogP contribution >= 0.6 is 0 Å². The van der Waals surface area contributed by atoms with Gasteiger partial charge in [0.15, 0.2) is 0 Å². The molecular weight excluding hydrogens is 180 g/mol. The third-order valence-corrected chi connectivity index (χ3v) is 1.74. The highest BCUT2D eigenvalue weighted by Crippen LogP contribution is 2.09. The lowest BCUT2D eigenvalue weighted by molar-refractivity contribution is 0.904. The van der Waals surface area contributed by atoms with E-state index < -0.39 is 0 Å². The maximum atomic E-state index is 5.18. The normalized spacial score (nSPS) is 10.0. The van der Waals surface area contributed by atoms with Crippen molar-refractivity contribution in [1.82, 2.24) is 9.66 Å². The summed E-state index contributed by atoms with van der Waals surface area (Å²) in [6, 6.07) is 7.65. The average molecular weight is 190 g/mol. The number of aromatic nitrogens is 2. The number of guanidine groups is 1. The molecule has 72 valence electrons. The number of hydrogen-bond acceptors (Lipinski definition) is 3. The number of benzene rings is 1. The van der Waals surface area contributed by atoms with Gasteiger partial charge in [0.2, 0.25) is 5.96 Å². The number of hydrazone groups is 1. The Morgan fingerprint density at radius 1 is 1.36 bits per heavy atom. The highest BCUT2D eigenvalue weighted by Gasteiger charge is 1.98. The highest BCUT2D eigenvalue weighted by molar-refractivity contribution is 5.77. The first-order valence-corrected chi connectivity index (χ1v) is 4.04. The van der Waals surface area contributed by atoms with E-state index in [1.807, 2.05) is 24.3 Å². The van der Waals surface area contributed by atoms with Crippen LogP contribution in [0.3, 0.4) is 0 Å². The summed E-state index contributed by atoms with van der Waals surface area (Å²) in [5.74, 6) is -0.0252. The minimum absolute atomic E-state index is 0.0252. The molecule has 1 aromatic heterocycles. The van der Waals surface area contributed by atoms with E-state index in [9.17, 15) is 0 Å². The van der Waals surface area contributed by atoms with Gasteiger partial charge < -0.3 is 11.5 Å². The van der Waals surface area contributed by atoms with Crippen LogP contribution in [0.4, 0.5) is 0 Å². The van der Waals surface area contributed by atoms with Gasteiger partial charge >= 0.3 is 0 Å². The Morgan fingerprint density at radius 3 is 2.93 bits per heavy atom. The highest BCUT2D eigenvalue weighted by atomic mass is 15.6. The fourth-order valence-corrected chi connectivity index (χ4v) is 1.15. The summed E-state index contributed by atoms with van der Waals surface area (Å²) < 4.78 is 1.63. The molecule has 6 nitrogen and oxygen atoms in total. The van der Waals surface area contributed by atoms with Crippen LogP contribution in [0.5, 0.6) is 0 Å². The van der Waals surface area contributed by atoms with Crippen molar-refractivity contribution in [1.29, 1.82) is 0 Å². The van der Waals surface area contributed by atoms with E-state index in [0.29, 0.717) is 0 Å². The van der Waals surface area contributed by atoms with Crippen LogP contribution in [0, 0.1) is 0 Å². The number of rotatable bonds is 2. The molecule has 0 unspecified atom stereocenters. The first-order valence-electron chi connectivity index (χ1n) is 4.04. The van der Waals surface area contributed by atoms with Crippen LogP contribution in [0.2, 0.25) is 0 Å². The van der Waals surface area contributed by atoms with E-state index in [1.54, 1.807) is 11.0 Å². The molecule has 0 saturated heterocycles. The van der Waals surface area contributed by atoms with Crippen molar-refractivity contribution in [3.63, 3.8) is 0 Å². The summed E-state index contributed by atoms with van der Waals surface area (Å²) >= 11 is 0. The number of nitrogens with one attached hydrogen (secondary N) is 1. The van der Waals surface area contributed by atoms with Gasteiger partial charge in [-0.05, 0) is 12.1 Å². The number of imidazole rings is 1. The summed E-state index contributed by atoms with van der Waals surface area (Å²) in [6.07, 6.45) is 1.61. The smallest absolute Gasteiger partial charge is 0.210 e. The van der Waals surface area contributed by atoms with E-state index in [1.165, 1.54) is 0 Å². The zero-order valence-electron chi connectivity index (χ0n) is 7.38. The molecule has 0 fully saturated rings. The molecule has 0 saturated carbocycles. The van der Waals surface area contributed by atoms with Gasteiger partial charge in [0, 0.05) is 0 Å². The molecule has 0 aliphatic carbocycles. The molecule has 0 atom stereocenters. The maximum absolute atomic E-state index is 5.18. The molecule has 0 radical (unpaired) electrons. The van der Waals surface area contributed by atoms with Crippen LogP contribution < -0.4 is 17.0 Å². The SMILES string of the molecule is NC(N)=NNn1cnc2ccccc21. The molecule has 0 spiro atoms. The molecule has 1 heterocycles. The van der Waals surface area contributed by atoms with Crippen LogP contribution in [0.25, 0.3) is 11.0 Å². The minimum Gasteiger partial charge on any atom is -0.369 e. The molecule has 0 aliphatic rings. The van der Waals surface area contributed by atoms with Crippen molar-refractivity contribution in [2.24, 2.45) is 16.6 Å². The zero-order valence-corrected chi connectivity index (χ0v) is 7.38. The second kappa shape index (κ2) is 3.25. The Labute approximate surface area is 80.2 Å². The van der Waals surface area contributed by atoms with Crippen molar-refractivity contribution in [3.8, 4) is 0 Å². The van der Waals surface area contributed by atoms with E-state index in [-0.39, 0.29) is 5.96 Å². The Bertz CT molecular complexity index is 467. The second-order valence-electron chi connectivity index (χ2n) is 2.74. The Balaban J connectivity index is 2.38. The van der Waals surface area contributed by atoms with Crippen LogP contribution in [0.1, 0.15) is 0 Å². The third kappa shape index (κ3) is 1.45. The fraction of sp³-hybridized carbons (Fsp3) is 0. The van der Waals surface area contributed by atoms with E-state index >= 15 is 0 Å². The number of para-hydroxylation sites is 2. The fourth-order valence-electron chi connectivity index (χ4n) is 1.15. The first-order chi connectivity index (χ1) is 6.77. The summed E-state index contributed by atoms with van der Waals surface area (Å²) in [4.78, 5) is 4.15. The summed E-state index contributed by atoms with van der Waals surface area (Å²) in [6.45, 7) is 0. The van der Waals surface area contributed by atoms with Gasteiger partial charge in [-0.3, -0.25) is 0 Å². The number of fused-ring (bicyclic) bond motifs is 1. The van der Waals surface area contributed by atoms with E-state index in [2.05, 4.69) is 15.6 Å². The minimum atomic E-state index is -0.0252. The first kappa shape index (κ1) is 8.36. The number of nitrogens with two attached hydrogens (primary N) is 2. The topological polar surface area (TPSA) is 94.3 Å². The van der Waals surface area contributed by atoms with Gasteiger partial charge in [-0.1, -0.05) is 12.1 Å². The molecule has 0 bridgehead atoms. The van der Waals surface area contributed by atoms with Crippen molar-refractivity contribution in [2.75, 3.05) is 5.53 Å². The lowest BCUT2D eigenvalue weighted by atomic mass is 10.3. The van der Waals surface area contributed by atoms with Crippen molar-refractivity contribution in [3.05, 3.63) is 30.6 Å². The monoisotopic (exact) mass is 190 g/mol. The van der Waals surface area contributed by atoms with Gasteiger partial charge in [-0.2, -0.15) is 0 Å². The summed E-state index contributed by atoms with van der Waals surface area (Å²) in [5.41, 5.74) is 14.8. The predicted molar refractivity (Wildman–Crippen MR) is 54.9 cm³/mol. The van der Waals surface area contributed by atoms with Crippen LogP contribution in [-0.4, -0.2) is 15.6 Å². The Kier molecular flexibility index (Phi) is 1.94. The van der Waals surface area contributed by atoms with Gasteiger partial charge in [-0.25, -0.2) is 15.2 Å². The lowest BCUT2D eigenvalue weighted by Crippen LogP contribution is -2.25. The number of nitrogens with zero attached hydrogens (tertiary/aromatic N) is 3. The van der Waals surface area contributed by atoms with E-state index in [0.717, 1.165) is 11.0 Å². The Morgan fingerprint density at radius 2 is 2.14 bits per heavy atom. The zero-order chi connectivity index (χ0) is 9.97. The van der Waals surface area contributed by atoms with Gasteiger partial charge in [0.1, 0.15) is 6.33 Å². The standard InChI is InChI=1S/C8H10N6/c9-8(10)12-13-14-5-11-6-3-1-2-4-7(6)14/h1-5,13H,(H4,9,10,12). The molecular formula is C8H10N6. The Hall–Kier alpha value is -2.24. The quantitative estimate of drug-likeness (QED) is 0.346. The molecule has 0 aliphatic heterocycles. The van der Waals surface area contributed by atoms with Crippen molar-refractivity contribution in [2.45, 2.75) is 0 Å². The summed E-state index contributed by atoms with van der Waals surface area (Å²) in [5, 5.41) is 3.66. The molecule has 2 rings (SSSR count). The predicted octanol–water partition coefficient (Wildman–Crippen LogP) is -0.232. The molecule has 1 aromatic carbocycles. The molecule has 5 N–H and O–H groups in total. The molecule has 14 heavy (non-hydrogen) atoms. The third-order valence-electron chi connectivity index (χ3n) is 1.74. The van der Waals surface area contributed by atoms with E-state index in [4.69, 9.17) is 11.5 Å². The maximum Gasteiger partial charge on any atom is 0.210 e. The molecule has 6 heteroatoms. The van der Waals surface area contributed by atoms with Crippen LogP contribution in [-0.2, 0) is 0 Å². The van der Waals surface area contributed by atoms with Crippen LogP contribution in [0.15, 0.2) is 35.7 Å². The molecule has 2 aromatic rings. The largest absolute Gasteiger partial charge is 0.369 e. The lowest BCUT2D eigenvalue weighted by Gasteiger charge is -2.01. The van der Waals surface area contributed by atoms with Crippen molar-refractivity contribution < 1.29 is 0 Å². The van der Waals surface area contributed by atoms with Gasteiger partial charge in [0.25, 0.3) is 0 Å². The number of hydrogen-bond donors (Lipinski definition) is 3. The van der Waals surface area contributed by atoms with Gasteiger partial charge in [-0.15, -0.1) is 5.10 Å². The summed E-state index contributed by atoms with van der Waals surface area (Å²) in [7, 11) is 0. The van der Waals surface area contributed by atoms with Gasteiger partial charge in [0.05, 0.1) is 11.0 Å². The second-order valence-corrected chi connectivity index (χ2v) is 2.74. The average Bonchev–Trinajstić information content (AvgIpc) is 2.58. The van der Waals surface area contributed by atoms with Crippen molar-refractivity contribution >= 4 is 17.0 Å².